The lowest BCUT2D eigenvalue weighted by atomic mass is 9.88. The van der Waals surface area contributed by atoms with E-state index in [1.807, 2.05) is 49.4 Å². The van der Waals surface area contributed by atoms with Crippen LogP contribution in [-0.2, 0) is 11.2 Å². The van der Waals surface area contributed by atoms with Crippen LogP contribution >= 0.6 is 0 Å². The third-order valence-corrected chi connectivity index (χ3v) is 9.27. The van der Waals surface area contributed by atoms with Gasteiger partial charge in [0.1, 0.15) is 12.1 Å². The number of hydrogen-bond acceptors (Lipinski definition) is 3. The summed E-state index contributed by atoms with van der Waals surface area (Å²) in [7, 11) is 0. The van der Waals surface area contributed by atoms with Gasteiger partial charge in [-0.2, -0.15) is 0 Å². The zero-order valence-corrected chi connectivity index (χ0v) is 23.9. The fraction of sp³-hybridized carbons (Fsp3) is 0.343. The highest BCUT2D eigenvalue weighted by Crippen LogP contribution is 2.44. The standard InChI is InChI=1S/C35H36N4O3/c1-22-13-15-23(16-14-22)32-31-28(27-11-7-8-12-29(27)37-31)21-30-34(41)38(35(42)39(30)32)26-19-17-24(18-20-26)33(40)36-25-9-5-3-2-4-6-10-25/h7-8,11-20,25,30,32,37H,2-6,9-10,21H2,1H3,(H,36,40)/t30-,32-/m0/s1. The van der Waals surface area contributed by atoms with Crippen molar-refractivity contribution in [2.24, 2.45) is 0 Å². The first-order chi connectivity index (χ1) is 20.5. The van der Waals surface area contributed by atoms with Crippen LogP contribution in [0.5, 0.6) is 0 Å². The van der Waals surface area contributed by atoms with Gasteiger partial charge in [0.25, 0.3) is 11.8 Å². The van der Waals surface area contributed by atoms with Gasteiger partial charge in [0.2, 0.25) is 0 Å². The van der Waals surface area contributed by atoms with E-state index in [1.54, 1.807) is 29.2 Å². The molecule has 1 aliphatic carbocycles. The molecule has 2 atom stereocenters. The number of aromatic nitrogens is 1. The van der Waals surface area contributed by atoms with E-state index >= 15 is 0 Å². The summed E-state index contributed by atoms with van der Waals surface area (Å²) in [5.74, 6) is -0.340. The van der Waals surface area contributed by atoms with E-state index in [-0.39, 0.29) is 23.9 Å². The van der Waals surface area contributed by atoms with E-state index in [0.717, 1.165) is 59.0 Å². The Morgan fingerprint density at radius 2 is 1.55 bits per heavy atom. The molecule has 42 heavy (non-hydrogen) atoms. The smallest absolute Gasteiger partial charge is 0.332 e. The van der Waals surface area contributed by atoms with Crippen LogP contribution in [0.1, 0.15) is 83.7 Å². The van der Waals surface area contributed by atoms with Crippen molar-refractivity contribution in [2.45, 2.75) is 76.4 Å². The van der Waals surface area contributed by atoms with Crippen molar-refractivity contribution in [1.82, 2.24) is 15.2 Å². The maximum absolute atomic E-state index is 14.1. The molecule has 214 valence electrons. The number of carbonyl (C=O) groups is 3. The number of aryl methyl sites for hydroxylation is 1. The molecule has 0 spiro atoms. The van der Waals surface area contributed by atoms with Crippen molar-refractivity contribution in [1.29, 1.82) is 0 Å². The Morgan fingerprint density at radius 3 is 2.29 bits per heavy atom. The van der Waals surface area contributed by atoms with Crippen LogP contribution in [0.3, 0.4) is 0 Å². The molecule has 1 saturated carbocycles. The Balaban J connectivity index is 1.18. The lowest BCUT2D eigenvalue weighted by molar-refractivity contribution is -0.120. The van der Waals surface area contributed by atoms with Gasteiger partial charge in [0, 0.05) is 34.6 Å². The average molecular weight is 561 g/mol. The first-order valence-corrected chi connectivity index (χ1v) is 15.2. The third-order valence-electron chi connectivity index (χ3n) is 9.27. The van der Waals surface area contributed by atoms with Crippen molar-refractivity contribution in [3.8, 4) is 0 Å². The number of nitrogens with one attached hydrogen (secondary N) is 2. The summed E-state index contributed by atoms with van der Waals surface area (Å²) in [4.78, 5) is 47.7. The van der Waals surface area contributed by atoms with Gasteiger partial charge in [-0.25, -0.2) is 9.69 Å². The minimum atomic E-state index is -0.613. The molecule has 7 nitrogen and oxygen atoms in total. The normalized spacial score (nSPS) is 21.2. The van der Waals surface area contributed by atoms with Crippen molar-refractivity contribution >= 4 is 34.4 Å². The Bertz CT molecular complexity index is 1650. The van der Waals surface area contributed by atoms with Gasteiger partial charge < -0.3 is 10.3 Å². The molecule has 3 aromatic carbocycles. The van der Waals surface area contributed by atoms with Crippen molar-refractivity contribution in [2.75, 3.05) is 4.90 Å². The summed E-state index contributed by atoms with van der Waals surface area (Å²) >= 11 is 0. The van der Waals surface area contributed by atoms with Gasteiger partial charge >= 0.3 is 6.03 Å². The summed E-state index contributed by atoms with van der Waals surface area (Å²) in [6.07, 6.45) is 8.49. The monoisotopic (exact) mass is 560 g/mol. The SMILES string of the molecule is Cc1ccc([C@H]2c3[nH]c4ccccc4c3C[C@H]3C(=O)N(c4ccc(C(=O)NC5CCCCCCC5)cc4)C(=O)N23)cc1. The largest absolute Gasteiger partial charge is 0.356 e. The predicted octanol–water partition coefficient (Wildman–Crippen LogP) is 6.80. The predicted molar refractivity (Wildman–Crippen MR) is 164 cm³/mol. The van der Waals surface area contributed by atoms with Crippen molar-refractivity contribution in [3.05, 3.63) is 101 Å². The topological polar surface area (TPSA) is 85.5 Å². The van der Waals surface area contributed by atoms with Crippen LogP contribution < -0.4 is 10.2 Å². The second-order valence-corrected chi connectivity index (χ2v) is 12.0. The molecule has 7 rings (SSSR count). The maximum atomic E-state index is 14.1. The van der Waals surface area contributed by atoms with Crippen LogP contribution in [0.2, 0.25) is 0 Å². The summed E-state index contributed by atoms with van der Waals surface area (Å²) in [6, 6.07) is 22.0. The number of nitrogens with zero attached hydrogens (tertiary/aromatic N) is 2. The summed E-state index contributed by atoms with van der Waals surface area (Å²) in [5, 5.41) is 4.29. The minimum Gasteiger partial charge on any atom is -0.356 e. The highest BCUT2D eigenvalue weighted by molar-refractivity contribution is 6.22. The summed E-state index contributed by atoms with van der Waals surface area (Å²) < 4.78 is 0. The molecule has 1 aromatic heterocycles. The van der Waals surface area contributed by atoms with Crippen LogP contribution in [-0.4, -0.2) is 39.8 Å². The van der Waals surface area contributed by atoms with Gasteiger partial charge in [0.05, 0.1) is 5.69 Å². The molecule has 3 heterocycles. The zero-order chi connectivity index (χ0) is 28.8. The first kappa shape index (κ1) is 26.5. The lowest BCUT2D eigenvalue weighted by Crippen LogP contribution is -2.44. The lowest BCUT2D eigenvalue weighted by Gasteiger charge is -2.36. The van der Waals surface area contributed by atoms with Crippen molar-refractivity contribution in [3.63, 3.8) is 0 Å². The second kappa shape index (κ2) is 10.8. The number of carbonyl (C=O) groups excluding carboxylic acids is 3. The molecular weight excluding hydrogens is 524 g/mol. The molecule has 2 N–H and O–H groups in total. The van der Waals surface area contributed by atoms with E-state index in [1.165, 1.54) is 24.2 Å². The second-order valence-electron chi connectivity index (χ2n) is 12.0. The molecule has 2 fully saturated rings. The van der Waals surface area contributed by atoms with Gasteiger partial charge in [-0.05, 0) is 61.2 Å². The number of hydrogen-bond donors (Lipinski definition) is 2. The van der Waals surface area contributed by atoms with Crippen molar-refractivity contribution < 1.29 is 14.4 Å². The van der Waals surface area contributed by atoms with Crippen LogP contribution in [0.4, 0.5) is 10.5 Å². The number of benzene rings is 3. The molecule has 4 aromatic rings. The van der Waals surface area contributed by atoms with E-state index in [2.05, 4.69) is 16.4 Å². The first-order valence-electron chi connectivity index (χ1n) is 15.2. The number of para-hydroxylation sites is 1. The fourth-order valence-corrected chi connectivity index (χ4v) is 7.04. The van der Waals surface area contributed by atoms with Crippen LogP contribution in [0.15, 0.2) is 72.8 Å². The number of fused-ring (bicyclic) bond motifs is 4. The molecule has 4 amide bonds. The maximum Gasteiger partial charge on any atom is 0.332 e. The fourth-order valence-electron chi connectivity index (χ4n) is 7.04. The molecule has 1 saturated heterocycles. The Kier molecular flexibility index (Phi) is 6.81. The zero-order valence-electron chi connectivity index (χ0n) is 23.9. The van der Waals surface area contributed by atoms with Crippen LogP contribution in [0, 0.1) is 6.92 Å². The Morgan fingerprint density at radius 1 is 0.857 bits per heavy atom. The van der Waals surface area contributed by atoms with E-state index in [4.69, 9.17) is 0 Å². The number of imide groups is 1. The van der Waals surface area contributed by atoms with E-state index < -0.39 is 12.1 Å². The number of amides is 4. The molecule has 3 aliphatic rings. The van der Waals surface area contributed by atoms with E-state index in [0.29, 0.717) is 17.7 Å². The molecule has 0 unspecified atom stereocenters. The molecule has 0 bridgehead atoms. The Labute approximate surface area is 245 Å². The number of rotatable bonds is 4. The molecule has 2 aliphatic heterocycles. The highest BCUT2D eigenvalue weighted by atomic mass is 16.2. The molecule has 0 radical (unpaired) electrons. The summed E-state index contributed by atoms with van der Waals surface area (Å²) in [5.41, 5.74) is 6.16. The Hall–Kier alpha value is -4.39. The quantitative estimate of drug-likeness (QED) is 0.269. The van der Waals surface area contributed by atoms with Gasteiger partial charge in [-0.1, -0.05) is 80.1 Å². The van der Waals surface area contributed by atoms with E-state index in [9.17, 15) is 14.4 Å². The minimum absolute atomic E-state index is 0.103. The van der Waals surface area contributed by atoms with Gasteiger partial charge in [-0.3, -0.25) is 14.5 Å². The van der Waals surface area contributed by atoms with Gasteiger partial charge in [0.15, 0.2) is 0 Å². The molecule has 7 heteroatoms. The number of anilines is 1. The molecular formula is C35H36N4O3. The van der Waals surface area contributed by atoms with Gasteiger partial charge in [-0.15, -0.1) is 0 Å². The summed E-state index contributed by atoms with van der Waals surface area (Å²) in [6.45, 7) is 2.04. The number of aromatic amines is 1. The highest BCUT2D eigenvalue weighted by Gasteiger charge is 2.53. The number of urea groups is 1. The number of H-pyrrole nitrogens is 1. The van der Waals surface area contributed by atoms with Crippen LogP contribution in [0.25, 0.3) is 10.9 Å². The third kappa shape index (κ3) is 4.57. The average Bonchev–Trinajstić information content (AvgIpc) is 3.48.